The van der Waals surface area contributed by atoms with Crippen LogP contribution in [0, 0.1) is 0 Å². The summed E-state index contributed by atoms with van der Waals surface area (Å²) in [6, 6.07) is 18.0. The number of furan rings is 1. The van der Waals surface area contributed by atoms with Gasteiger partial charge in [0.05, 0.1) is 29.9 Å². The molecule has 6 rings (SSSR count). The number of aromatic nitrogens is 4. The van der Waals surface area contributed by atoms with Crippen LogP contribution in [0.15, 0.2) is 83.9 Å². The van der Waals surface area contributed by atoms with Crippen LogP contribution in [-0.4, -0.2) is 25.3 Å². The second kappa shape index (κ2) is 6.35. The van der Waals surface area contributed by atoms with Gasteiger partial charge in [-0.25, -0.2) is 0 Å². The molecule has 0 aliphatic rings. The van der Waals surface area contributed by atoms with Crippen LogP contribution in [0.3, 0.4) is 0 Å². The van der Waals surface area contributed by atoms with Gasteiger partial charge in [0.1, 0.15) is 11.4 Å². The molecule has 0 spiro atoms. The van der Waals surface area contributed by atoms with Crippen molar-refractivity contribution in [1.82, 2.24) is 20.2 Å². The number of aromatic hydroxyl groups is 1. The third-order valence-electron chi connectivity index (χ3n) is 5.37. The van der Waals surface area contributed by atoms with E-state index in [9.17, 15) is 5.11 Å². The van der Waals surface area contributed by atoms with Gasteiger partial charge in [0.15, 0.2) is 0 Å². The minimum Gasteiger partial charge on any atom is -0.506 e. The highest BCUT2D eigenvalue weighted by molar-refractivity contribution is 6.01. The van der Waals surface area contributed by atoms with E-state index in [-0.39, 0.29) is 5.75 Å². The molecule has 0 bridgehead atoms. The van der Waals surface area contributed by atoms with Crippen molar-refractivity contribution in [2.24, 2.45) is 0 Å². The van der Waals surface area contributed by atoms with Crippen molar-refractivity contribution in [2.75, 3.05) is 0 Å². The molecule has 0 amide bonds. The summed E-state index contributed by atoms with van der Waals surface area (Å²) in [5.74, 6) is 0.141. The van der Waals surface area contributed by atoms with Gasteiger partial charge in [0.2, 0.25) is 0 Å². The van der Waals surface area contributed by atoms with E-state index in [1.165, 1.54) is 6.20 Å². The number of H-pyrrole nitrogens is 2. The van der Waals surface area contributed by atoms with Crippen LogP contribution in [-0.2, 0) is 0 Å². The molecule has 6 nitrogen and oxygen atoms in total. The molecule has 0 radical (unpaired) electrons. The third kappa shape index (κ3) is 2.58. The first-order chi connectivity index (χ1) is 14.8. The fourth-order valence-corrected chi connectivity index (χ4v) is 3.94. The quantitative estimate of drug-likeness (QED) is 0.358. The molecule has 0 aliphatic carbocycles. The lowest BCUT2D eigenvalue weighted by Gasteiger charge is -2.02. The zero-order valence-electron chi connectivity index (χ0n) is 15.8. The van der Waals surface area contributed by atoms with Gasteiger partial charge in [0, 0.05) is 33.6 Å². The van der Waals surface area contributed by atoms with Gasteiger partial charge < -0.3 is 14.5 Å². The summed E-state index contributed by atoms with van der Waals surface area (Å²) >= 11 is 0. The van der Waals surface area contributed by atoms with Crippen molar-refractivity contribution < 1.29 is 9.52 Å². The van der Waals surface area contributed by atoms with E-state index in [1.807, 2.05) is 24.3 Å². The Morgan fingerprint density at radius 1 is 0.833 bits per heavy atom. The van der Waals surface area contributed by atoms with Gasteiger partial charge in [-0.1, -0.05) is 18.2 Å². The summed E-state index contributed by atoms with van der Waals surface area (Å²) in [6.07, 6.45) is 6.59. The van der Waals surface area contributed by atoms with Gasteiger partial charge in [-0.05, 0) is 47.5 Å². The minimum atomic E-state index is 0.141. The Bertz CT molecular complexity index is 1510. The lowest BCUT2D eigenvalue weighted by molar-refractivity contribution is 0.473. The van der Waals surface area contributed by atoms with Gasteiger partial charge in [0.25, 0.3) is 0 Å². The van der Waals surface area contributed by atoms with Crippen molar-refractivity contribution in [2.45, 2.75) is 0 Å². The lowest BCUT2D eigenvalue weighted by Crippen LogP contribution is -1.81. The molecule has 0 saturated carbocycles. The zero-order valence-corrected chi connectivity index (χ0v) is 15.8. The summed E-state index contributed by atoms with van der Waals surface area (Å²) in [4.78, 5) is 7.58. The fourth-order valence-electron chi connectivity index (χ4n) is 3.94. The number of nitrogens with zero attached hydrogens (tertiary/aromatic N) is 2. The monoisotopic (exact) mass is 392 g/mol. The molecule has 3 N–H and O–H groups in total. The number of benzene rings is 2. The Morgan fingerprint density at radius 3 is 2.67 bits per heavy atom. The van der Waals surface area contributed by atoms with Crippen molar-refractivity contribution in [3.05, 3.63) is 79.5 Å². The van der Waals surface area contributed by atoms with E-state index >= 15 is 0 Å². The second-order valence-corrected chi connectivity index (χ2v) is 7.23. The Balaban J connectivity index is 1.52. The summed E-state index contributed by atoms with van der Waals surface area (Å²) in [7, 11) is 0. The number of fused-ring (bicyclic) bond motifs is 2. The standard InChI is InChI=1S/C24H16N4O2/c29-17-8-16(11-25-12-17)14-4-5-22-20(9-14)24(28-27-22)23-10-19-18(15-6-7-30-13-15)2-1-3-21(19)26-23/h1-13,26,29H,(H,27,28). The normalized spacial score (nSPS) is 11.5. The number of nitrogens with one attached hydrogen (secondary N) is 2. The smallest absolute Gasteiger partial charge is 0.134 e. The highest BCUT2D eigenvalue weighted by Crippen LogP contribution is 2.35. The number of pyridine rings is 1. The molecule has 0 atom stereocenters. The average molecular weight is 392 g/mol. The molecule has 0 saturated heterocycles. The highest BCUT2D eigenvalue weighted by Gasteiger charge is 2.14. The van der Waals surface area contributed by atoms with Crippen molar-refractivity contribution in [3.8, 4) is 39.4 Å². The van der Waals surface area contributed by atoms with Crippen molar-refractivity contribution in [3.63, 3.8) is 0 Å². The molecule has 0 fully saturated rings. The number of hydrogen-bond donors (Lipinski definition) is 3. The first-order valence-corrected chi connectivity index (χ1v) is 9.53. The highest BCUT2D eigenvalue weighted by atomic mass is 16.3. The van der Waals surface area contributed by atoms with E-state index in [1.54, 1.807) is 24.8 Å². The predicted molar refractivity (Wildman–Crippen MR) is 116 cm³/mol. The van der Waals surface area contributed by atoms with Gasteiger partial charge in [-0.3, -0.25) is 10.1 Å². The Morgan fingerprint density at radius 2 is 1.80 bits per heavy atom. The molecule has 4 heterocycles. The Kier molecular flexibility index (Phi) is 3.52. The molecule has 6 aromatic rings. The van der Waals surface area contributed by atoms with E-state index in [2.05, 4.69) is 44.4 Å². The molecule has 0 aliphatic heterocycles. The van der Waals surface area contributed by atoms with Gasteiger partial charge >= 0.3 is 0 Å². The molecule has 2 aromatic carbocycles. The number of aromatic amines is 2. The molecule has 4 aromatic heterocycles. The summed E-state index contributed by atoms with van der Waals surface area (Å²) < 4.78 is 5.27. The van der Waals surface area contributed by atoms with Gasteiger partial charge in [-0.2, -0.15) is 5.10 Å². The predicted octanol–water partition coefficient (Wildman–Crippen LogP) is 5.74. The average Bonchev–Trinajstić information content (AvgIpc) is 3.51. The van der Waals surface area contributed by atoms with Crippen LogP contribution < -0.4 is 0 Å². The van der Waals surface area contributed by atoms with Crippen LogP contribution in [0.1, 0.15) is 0 Å². The maximum atomic E-state index is 9.77. The molecule has 0 unspecified atom stereocenters. The molecule has 30 heavy (non-hydrogen) atoms. The molecular weight excluding hydrogens is 376 g/mol. The summed E-state index contributed by atoms with van der Waals surface area (Å²) in [5, 5.41) is 19.6. The van der Waals surface area contributed by atoms with Crippen molar-refractivity contribution >= 4 is 21.8 Å². The van der Waals surface area contributed by atoms with Gasteiger partial charge in [-0.15, -0.1) is 0 Å². The van der Waals surface area contributed by atoms with Crippen molar-refractivity contribution in [1.29, 1.82) is 0 Å². The second-order valence-electron chi connectivity index (χ2n) is 7.23. The molecule has 144 valence electrons. The summed E-state index contributed by atoms with van der Waals surface area (Å²) in [6.45, 7) is 0. The maximum Gasteiger partial charge on any atom is 0.134 e. The largest absolute Gasteiger partial charge is 0.506 e. The summed E-state index contributed by atoms with van der Waals surface area (Å²) in [5.41, 5.74) is 7.70. The SMILES string of the molecule is Oc1cncc(-c2ccc3[nH]nc(-c4cc5c(-c6ccoc6)cccc5[nH]4)c3c2)c1. The topological polar surface area (TPSA) is 90.7 Å². The lowest BCUT2D eigenvalue weighted by atomic mass is 10.0. The van der Waals surface area contributed by atoms with Crippen LogP contribution in [0.25, 0.3) is 55.4 Å². The first-order valence-electron chi connectivity index (χ1n) is 9.53. The number of hydrogen-bond acceptors (Lipinski definition) is 4. The van der Waals surface area contributed by atoms with E-state index in [0.717, 1.165) is 55.4 Å². The van der Waals surface area contributed by atoms with E-state index in [0.29, 0.717) is 0 Å². The minimum absolute atomic E-state index is 0.141. The number of rotatable bonds is 3. The van der Waals surface area contributed by atoms with E-state index < -0.39 is 0 Å². The molecular formula is C24H16N4O2. The molecule has 6 heteroatoms. The maximum absolute atomic E-state index is 9.77. The third-order valence-corrected chi connectivity index (χ3v) is 5.37. The van der Waals surface area contributed by atoms with Crippen LogP contribution in [0.2, 0.25) is 0 Å². The fraction of sp³-hybridized carbons (Fsp3) is 0. The van der Waals surface area contributed by atoms with Crippen LogP contribution >= 0.6 is 0 Å². The Labute approximate surface area is 170 Å². The Hall–Kier alpha value is -4.32. The first kappa shape index (κ1) is 16.6. The van der Waals surface area contributed by atoms with E-state index in [4.69, 9.17) is 4.42 Å². The van der Waals surface area contributed by atoms with Crippen LogP contribution in [0.4, 0.5) is 0 Å². The van der Waals surface area contributed by atoms with Crippen LogP contribution in [0.5, 0.6) is 5.75 Å². The zero-order chi connectivity index (χ0) is 20.1.